The van der Waals surface area contributed by atoms with Crippen molar-refractivity contribution < 1.29 is 14.3 Å². The smallest absolute Gasteiger partial charge is 0.244 e. The molecule has 2 saturated heterocycles. The van der Waals surface area contributed by atoms with Crippen molar-refractivity contribution in [2.45, 2.75) is 19.1 Å². The number of morpholine rings is 1. The van der Waals surface area contributed by atoms with Gasteiger partial charge in [-0.05, 0) is 30.2 Å². The third-order valence-electron chi connectivity index (χ3n) is 5.19. The molecule has 2 aliphatic heterocycles. The number of amides is 1. The van der Waals surface area contributed by atoms with Crippen molar-refractivity contribution in [1.82, 2.24) is 14.8 Å². The van der Waals surface area contributed by atoms with Gasteiger partial charge in [-0.25, -0.2) is 0 Å². The van der Waals surface area contributed by atoms with E-state index < -0.39 is 0 Å². The highest BCUT2D eigenvalue weighted by Crippen LogP contribution is 2.28. The fourth-order valence-electron chi connectivity index (χ4n) is 3.62. The lowest BCUT2D eigenvalue weighted by Crippen LogP contribution is -2.59. The summed E-state index contributed by atoms with van der Waals surface area (Å²) in [7, 11) is 0. The van der Waals surface area contributed by atoms with Gasteiger partial charge in [-0.3, -0.25) is 14.7 Å². The molecule has 6 nitrogen and oxygen atoms in total. The summed E-state index contributed by atoms with van der Waals surface area (Å²) in [5.74, 6) is 1.01. The van der Waals surface area contributed by atoms with E-state index >= 15 is 0 Å². The number of aromatic nitrogens is 1. The molecule has 1 amide bonds. The van der Waals surface area contributed by atoms with Gasteiger partial charge in [0.1, 0.15) is 17.9 Å². The number of nitrogens with zero attached hydrogens (tertiary/aromatic N) is 3. The first-order chi connectivity index (χ1) is 13.2. The predicted molar refractivity (Wildman–Crippen MR) is 102 cm³/mol. The van der Waals surface area contributed by atoms with Crippen molar-refractivity contribution in [2.24, 2.45) is 0 Å². The zero-order valence-corrected chi connectivity index (χ0v) is 15.6. The lowest BCUT2D eigenvalue weighted by Gasteiger charge is -2.43. The molecule has 1 aromatic carbocycles. The molecule has 0 bridgehead atoms. The van der Waals surface area contributed by atoms with E-state index in [1.54, 1.807) is 12.4 Å². The van der Waals surface area contributed by atoms with E-state index in [-0.39, 0.29) is 18.1 Å². The molecule has 4 rings (SSSR count). The lowest BCUT2D eigenvalue weighted by atomic mass is 10.0. The molecular weight excluding hydrogens is 342 g/mol. The van der Waals surface area contributed by atoms with Gasteiger partial charge in [0, 0.05) is 25.5 Å². The Morgan fingerprint density at radius 2 is 1.96 bits per heavy atom. The summed E-state index contributed by atoms with van der Waals surface area (Å²) in [5, 5.41) is 0. The summed E-state index contributed by atoms with van der Waals surface area (Å²) in [6.45, 7) is 6.09. The number of aryl methyl sites for hydroxylation is 1. The van der Waals surface area contributed by atoms with Crippen LogP contribution in [-0.2, 0) is 9.53 Å². The van der Waals surface area contributed by atoms with E-state index in [1.165, 1.54) is 0 Å². The minimum atomic E-state index is -0.304. The molecule has 0 N–H and O–H groups in total. The van der Waals surface area contributed by atoms with E-state index in [1.807, 2.05) is 48.2 Å². The summed E-state index contributed by atoms with van der Waals surface area (Å²) in [5.41, 5.74) is 2.05. The molecule has 0 radical (unpaired) electrons. The van der Waals surface area contributed by atoms with E-state index in [0.717, 1.165) is 30.0 Å². The maximum absolute atomic E-state index is 13.3. The molecule has 3 heterocycles. The average Bonchev–Trinajstić information content (AvgIpc) is 2.67. The Morgan fingerprint density at radius 1 is 1.19 bits per heavy atom. The molecule has 6 heteroatoms. The number of ether oxygens (including phenoxy) is 2. The van der Waals surface area contributed by atoms with Crippen LogP contribution in [0.15, 0.2) is 48.8 Å². The van der Waals surface area contributed by atoms with Crippen LogP contribution in [0.1, 0.15) is 17.2 Å². The Hall–Kier alpha value is -2.44. The number of rotatable bonds is 5. The first-order valence-corrected chi connectivity index (χ1v) is 9.45. The Labute approximate surface area is 159 Å². The van der Waals surface area contributed by atoms with Gasteiger partial charge in [-0.2, -0.15) is 0 Å². The highest BCUT2D eigenvalue weighted by Gasteiger charge is 2.39. The van der Waals surface area contributed by atoms with Crippen LogP contribution in [-0.4, -0.2) is 66.2 Å². The molecule has 0 unspecified atom stereocenters. The average molecular weight is 367 g/mol. The van der Waals surface area contributed by atoms with Gasteiger partial charge in [-0.15, -0.1) is 0 Å². The fourth-order valence-corrected chi connectivity index (χ4v) is 3.62. The first-order valence-electron chi connectivity index (χ1n) is 9.45. The molecule has 2 aliphatic rings. The Balaban J connectivity index is 1.43. The van der Waals surface area contributed by atoms with Crippen LogP contribution < -0.4 is 4.74 Å². The second-order valence-electron chi connectivity index (χ2n) is 7.09. The van der Waals surface area contributed by atoms with Gasteiger partial charge in [0.25, 0.3) is 0 Å². The molecule has 1 aromatic heterocycles. The fraction of sp³-hybridized carbons (Fsp3) is 0.429. The standard InChI is InChI=1S/C21H25N3O3/c1-16-5-2-3-7-19(16)27-18-14-24(15-18)21(25)20(17-6-4-8-22-13-17)23-9-11-26-12-10-23/h2-8,13,18,20H,9-12,14-15H2,1H3/t20-/m0/s1. The number of benzene rings is 1. The zero-order valence-electron chi connectivity index (χ0n) is 15.6. The van der Waals surface area contributed by atoms with Gasteiger partial charge >= 0.3 is 0 Å². The van der Waals surface area contributed by atoms with Crippen LogP contribution in [0.3, 0.4) is 0 Å². The van der Waals surface area contributed by atoms with Crippen LogP contribution in [0.25, 0.3) is 0 Å². The number of para-hydroxylation sites is 1. The van der Waals surface area contributed by atoms with Crippen LogP contribution in [0.2, 0.25) is 0 Å². The number of pyridine rings is 1. The molecule has 27 heavy (non-hydrogen) atoms. The first kappa shape index (κ1) is 17.9. The van der Waals surface area contributed by atoms with Crippen LogP contribution in [0.4, 0.5) is 0 Å². The van der Waals surface area contributed by atoms with Crippen LogP contribution in [0, 0.1) is 6.92 Å². The highest BCUT2D eigenvalue weighted by atomic mass is 16.5. The summed E-state index contributed by atoms with van der Waals surface area (Å²) >= 11 is 0. The summed E-state index contributed by atoms with van der Waals surface area (Å²) < 4.78 is 11.5. The van der Waals surface area contributed by atoms with Gasteiger partial charge in [-0.1, -0.05) is 24.3 Å². The molecule has 2 aromatic rings. The molecule has 1 atom stereocenters. The van der Waals surface area contributed by atoms with E-state index in [9.17, 15) is 4.79 Å². The molecule has 0 spiro atoms. The topological polar surface area (TPSA) is 54.9 Å². The SMILES string of the molecule is Cc1ccccc1OC1CN(C(=O)[C@H](c2cccnc2)N2CCOCC2)C1. The summed E-state index contributed by atoms with van der Waals surface area (Å²) in [6, 6.07) is 11.5. The predicted octanol–water partition coefficient (Wildman–Crippen LogP) is 2.05. The quantitative estimate of drug-likeness (QED) is 0.810. The van der Waals surface area contributed by atoms with Gasteiger partial charge in [0.2, 0.25) is 5.91 Å². The van der Waals surface area contributed by atoms with E-state index in [4.69, 9.17) is 9.47 Å². The second kappa shape index (κ2) is 8.06. The lowest BCUT2D eigenvalue weighted by molar-refractivity contribution is -0.148. The Morgan fingerprint density at radius 3 is 2.67 bits per heavy atom. The Kier molecular flexibility index (Phi) is 5.36. The number of likely N-dealkylation sites (tertiary alicyclic amines) is 1. The van der Waals surface area contributed by atoms with Gasteiger partial charge in [0.05, 0.1) is 26.3 Å². The maximum atomic E-state index is 13.3. The van der Waals surface area contributed by atoms with E-state index in [0.29, 0.717) is 26.3 Å². The highest BCUT2D eigenvalue weighted by molar-refractivity contribution is 5.84. The van der Waals surface area contributed by atoms with Crippen molar-refractivity contribution in [1.29, 1.82) is 0 Å². The number of hydrogen-bond donors (Lipinski definition) is 0. The van der Waals surface area contributed by atoms with Crippen molar-refractivity contribution >= 4 is 5.91 Å². The summed E-state index contributed by atoms with van der Waals surface area (Å²) in [4.78, 5) is 21.5. The third-order valence-corrected chi connectivity index (χ3v) is 5.19. The molecule has 0 aliphatic carbocycles. The second-order valence-corrected chi connectivity index (χ2v) is 7.09. The van der Waals surface area contributed by atoms with E-state index in [2.05, 4.69) is 9.88 Å². The minimum absolute atomic E-state index is 0.0503. The van der Waals surface area contributed by atoms with Crippen LogP contribution in [0.5, 0.6) is 5.75 Å². The van der Waals surface area contributed by atoms with Gasteiger partial charge < -0.3 is 14.4 Å². The maximum Gasteiger partial charge on any atom is 0.244 e. The third kappa shape index (κ3) is 3.96. The van der Waals surface area contributed by atoms with Crippen molar-refractivity contribution in [3.05, 3.63) is 59.9 Å². The van der Waals surface area contributed by atoms with Crippen molar-refractivity contribution in [3.8, 4) is 5.75 Å². The van der Waals surface area contributed by atoms with Crippen molar-refractivity contribution in [2.75, 3.05) is 39.4 Å². The molecule has 142 valence electrons. The zero-order chi connectivity index (χ0) is 18.6. The molecule has 0 saturated carbocycles. The largest absolute Gasteiger partial charge is 0.486 e. The number of carbonyl (C=O) groups is 1. The Bertz CT molecular complexity index is 771. The molecular formula is C21H25N3O3. The number of carbonyl (C=O) groups excluding carboxylic acids is 1. The van der Waals surface area contributed by atoms with Gasteiger partial charge in [0.15, 0.2) is 0 Å². The van der Waals surface area contributed by atoms with Crippen LogP contribution >= 0.6 is 0 Å². The molecule has 2 fully saturated rings. The minimum Gasteiger partial charge on any atom is -0.486 e. The monoisotopic (exact) mass is 367 g/mol. The summed E-state index contributed by atoms with van der Waals surface area (Å²) in [6.07, 6.45) is 3.58. The number of hydrogen-bond acceptors (Lipinski definition) is 5. The normalized spacial score (nSPS) is 19.4. The van der Waals surface area contributed by atoms with Crippen molar-refractivity contribution in [3.63, 3.8) is 0 Å².